The molecular weight excluding hydrogens is 570 g/mol. The molecule has 0 aliphatic heterocycles. The van der Waals surface area contributed by atoms with Crippen molar-refractivity contribution in [2.45, 2.75) is 71.5 Å². The van der Waals surface area contributed by atoms with Crippen molar-refractivity contribution in [1.82, 2.24) is 21.3 Å². The molecule has 45 heavy (non-hydrogen) atoms. The van der Waals surface area contributed by atoms with Gasteiger partial charge in [-0.05, 0) is 48.3 Å². The Morgan fingerprint density at radius 2 is 1.44 bits per heavy atom. The Labute approximate surface area is 266 Å². The SMILES string of the molecule is CC(C)C[C@@H](NC(=O)[C@H](CCCN=C(N)N)NC(=O)Cc1ccccc1)C(=O)N[C@H](CNC(=O)/C=C/c1ccccc1)C(C)C. The Morgan fingerprint density at radius 1 is 0.822 bits per heavy atom. The number of hydrogen-bond donors (Lipinski definition) is 6. The van der Waals surface area contributed by atoms with Crippen molar-refractivity contribution in [3.05, 3.63) is 77.9 Å². The third-order valence-electron chi connectivity index (χ3n) is 7.00. The summed E-state index contributed by atoms with van der Waals surface area (Å²) >= 11 is 0. The van der Waals surface area contributed by atoms with Gasteiger partial charge in [-0.25, -0.2) is 0 Å². The zero-order valence-corrected chi connectivity index (χ0v) is 26.8. The van der Waals surface area contributed by atoms with Crippen molar-refractivity contribution in [3.8, 4) is 0 Å². The topological polar surface area (TPSA) is 181 Å². The second kappa shape index (κ2) is 19.6. The Bertz CT molecular complexity index is 1280. The summed E-state index contributed by atoms with van der Waals surface area (Å²) in [5.74, 6) is -1.38. The summed E-state index contributed by atoms with van der Waals surface area (Å²) in [6.45, 7) is 8.31. The van der Waals surface area contributed by atoms with Gasteiger partial charge in [0.05, 0.1) is 6.42 Å². The number of aliphatic imine (C=N–C) groups is 1. The lowest BCUT2D eigenvalue weighted by atomic mass is 9.99. The van der Waals surface area contributed by atoms with Crippen LogP contribution in [0.2, 0.25) is 0 Å². The Kier molecular flexibility index (Phi) is 15.9. The quantitative estimate of drug-likeness (QED) is 0.0644. The Hall–Kier alpha value is -4.67. The van der Waals surface area contributed by atoms with E-state index >= 15 is 0 Å². The Balaban J connectivity index is 2.08. The molecule has 4 amide bonds. The third-order valence-corrected chi connectivity index (χ3v) is 7.00. The fraction of sp³-hybridized carbons (Fsp3) is 0.441. The average Bonchev–Trinajstić information content (AvgIpc) is 2.99. The minimum atomic E-state index is -0.894. The molecule has 11 heteroatoms. The number of benzene rings is 2. The summed E-state index contributed by atoms with van der Waals surface area (Å²) in [5, 5.41) is 11.5. The number of hydrogen-bond acceptors (Lipinski definition) is 5. The molecule has 0 unspecified atom stereocenters. The van der Waals surface area contributed by atoms with E-state index in [0.29, 0.717) is 19.4 Å². The first kappa shape index (κ1) is 36.5. The van der Waals surface area contributed by atoms with Crippen molar-refractivity contribution < 1.29 is 19.2 Å². The van der Waals surface area contributed by atoms with Crippen LogP contribution in [0.3, 0.4) is 0 Å². The molecule has 11 nitrogen and oxygen atoms in total. The monoisotopic (exact) mass is 619 g/mol. The van der Waals surface area contributed by atoms with Crippen LogP contribution < -0.4 is 32.7 Å². The van der Waals surface area contributed by atoms with Gasteiger partial charge in [-0.15, -0.1) is 0 Å². The minimum absolute atomic E-state index is 0.00307. The van der Waals surface area contributed by atoms with Crippen LogP contribution in [-0.4, -0.2) is 60.8 Å². The molecule has 8 N–H and O–H groups in total. The van der Waals surface area contributed by atoms with Gasteiger partial charge in [-0.2, -0.15) is 0 Å². The number of rotatable bonds is 18. The molecule has 244 valence electrons. The molecular formula is C34H49N7O4. The number of amides is 4. The van der Waals surface area contributed by atoms with Crippen LogP contribution in [0.25, 0.3) is 6.08 Å². The highest BCUT2D eigenvalue weighted by molar-refractivity contribution is 5.93. The van der Waals surface area contributed by atoms with E-state index in [0.717, 1.165) is 11.1 Å². The van der Waals surface area contributed by atoms with Gasteiger partial charge in [-0.1, -0.05) is 88.4 Å². The van der Waals surface area contributed by atoms with Crippen LogP contribution in [0, 0.1) is 11.8 Å². The van der Waals surface area contributed by atoms with Crippen LogP contribution in [0.1, 0.15) is 58.1 Å². The number of guanidine groups is 1. The molecule has 0 aromatic heterocycles. The van der Waals surface area contributed by atoms with E-state index in [1.807, 2.05) is 88.4 Å². The van der Waals surface area contributed by atoms with E-state index in [9.17, 15) is 19.2 Å². The highest BCUT2D eigenvalue weighted by atomic mass is 16.2. The molecule has 0 saturated heterocycles. The van der Waals surface area contributed by atoms with Gasteiger partial charge in [0, 0.05) is 25.2 Å². The second-order valence-electron chi connectivity index (χ2n) is 11.8. The third kappa shape index (κ3) is 15.1. The maximum Gasteiger partial charge on any atom is 0.244 e. The first-order chi connectivity index (χ1) is 21.4. The number of carbonyl (C=O) groups is 4. The van der Waals surface area contributed by atoms with Crippen molar-refractivity contribution >= 4 is 35.7 Å². The first-order valence-electron chi connectivity index (χ1n) is 15.4. The van der Waals surface area contributed by atoms with Crippen LogP contribution in [0.5, 0.6) is 0 Å². The van der Waals surface area contributed by atoms with Crippen molar-refractivity contribution in [3.63, 3.8) is 0 Å². The number of nitrogens with zero attached hydrogens (tertiary/aromatic N) is 1. The van der Waals surface area contributed by atoms with Crippen molar-refractivity contribution in [2.75, 3.05) is 13.1 Å². The summed E-state index contributed by atoms with van der Waals surface area (Å²) in [6, 6.07) is 16.6. The predicted octanol–water partition coefficient (Wildman–Crippen LogP) is 2.27. The van der Waals surface area contributed by atoms with Gasteiger partial charge in [-0.3, -0.25) is 24.2 Å². The molecule has 0 aliphatic carbocycles. The number of nitrogens with one attached hydrogen (secondary N) is 4. The summed E-state index contributed by atoms with van der Waals surface area (Å²) in [5.41, 5.74) is 12.6. The summed E-state index contributed by atoms with van der Waals surface area (Å²) in [6.07, 6.45) is 4.38. The fourth-order valence-corrected chi connectivity index (χ4v) is 4.52. The zero-order chi connectivity index (χ0) is 33.2. The Morgan fingerprint density at radius 3 is 2.04 bits per heavy atom. The van der Waals surface area contributed by atoms with Crippen molar-refractivity contribution in [2.24, 2.45) is 28.3 Å². The summed E-state index contributed by atoms with van der Waals surface area (Å²) in [7, 11) is 0. The molecule has 2 rings (SSSR count). The number of carbonyl (C=O) groups excluding carboxylic acids is 4. The maximum atomic E-state index is 13.5. The standard InChI is InChI=1S/C34H49N7O4/c1-23(2)20-28(33(45)41-29(24(3)4)22-38-30(42)18-17-25-12-7-5-8-13-25)40-32(44)27(16-11-19-37-34(35)36)39-31(43)21-26-14-9-6-10-15-26/h5-10,12-15,17-18,23-24,27-29H,11,16,19-22H2,1-4H3,(H,38,42)(H,39,43)(H,40,44)(H,41,45)(H4,35,36,37)/b18-17+/t27-,28+,29+/m0/s1. The largest absolute Gasteiger partial charge is 0.370 e. The molecule has 3 atom stereocenters. The minimum Gasteiger partial charge on any atom is -0.370 e. The van der Waals surface area contributed by atoms with Gasteiger partial charge < -0.3 is 32.7 Å². The maximum absolute atomic E-state index is 13.5. The fourth-order valence-electron chi connectivity index (χ4n) is 4.52. The molecule has 0 bridgehead atoms. The molecule has 0 fully saturated rings. The molecule has 2 aromatic carbocycles. The lowest BCUT2D eigenvalue weighted by Gasteiger charge is -2.28. The average molecular weight is 620 g/mol. The van der Waals surface area contributed by atoms with Gasteiger partial charge in [0.15, 0.2) is 5.96 Å². The molecule has 0 spiro atoms. The molecule has 2 aromatic rings. The van der Waals surface area contributed by atoms with Crippen LogP contribution >= 0.6 is 0 Å². The lowest BCUT2D eigenvalue weighted by molar-refractivity contribution is -0.132. The normalized spacial score (nSPS) is 13.1. The smallest absolute Gasteiger partial charge is 0.244 e. The van der Waals surface area contributed by atoms with Gasteiger partial charge in [0.1, 0.15) is 12.1 Å². The predicted molar refractivity (Wildman–Crippen MR) is 179 cm³/mol. The van der Waals surface area contributed by atoms with E-state index in [1.165, 1.54) is 6.08 Å². The zero-order valence-electron chi connectivity index (χ0n) is 26.8. The molecule has 0 saturated carbocycles. The highest BCUT2D eigenvalue weighted by Crippen LogP contribution is 2.10. The van der Waals surface area contributed by atoms with Crippen molar-refractivity contribution in [1.29, 1.82) is 0 Å². The van der Waals surface area contributed by atoms with E-state index < -0.39 is 18.0 Å². The van der Waals surface area contributed by atoms with Crippen LogP contribution in [0.15, 0.2) is 71.7 Å². The van der Waals surface area contributed by atoms with Gasteiger partial charge >= 0.3 is 0 Å². The molecule has 0 radical (unpaired) electrons. The van der Waals surface area contributed by atoms with Crippen LogP contribution in [-0.2, 0) is 25.6 Å². The summed E-state index contributed by atoms with van der Waals surface area (Å²) in [4.78, 5) is 56.3. The molecule has 0 heterocycles. The van der Waals surface area contributed by atoms with E-state index in [1.54, 1.807) is 6.08 Å². The summed E-state index contributed by atoms with van der Waals surface area (Å²) < 4.78 is 0. The van der Waals surface area contributed by atoms with E-state index in [-0.39, 0.29) is 60.9 Å². The lowest BCUT2D eigenvalue weighted by Crippen LogP contribution is -2.57. The van der Waals surface area contributed by atoms with E-state index in [4.69, 9.17) is 11.5 Å². The first-order valence-corrected chi connectivity index (χ1v) is 15.4. The number of nitrogens with two attached hydrogens (primary N) is 2. The second-order valence-corrected chi connectivity index (χ2v) is 11.8. The van der Waals surface area contributed by atoms with Crippen LogP contribution in [0.4, 0.5) is 0 Å². The van der Waals surface area contributed by atoms with Gasteiger partial charge in [0.2, 0.25) is 23.6 Å². The van der Waals surface area contributed by atoms with E-state index in [2.05, 4.69) is 26.3 Å². The highest BCUT2D eigenvalue weighted by Gasteiger charge is 2.29. The van der Waals surface area contributed by atoms with Gasteiger partial charge in [0.25, 0.3) is 0 Å². The molecule has 0 aliphatic rings.